The third-order valence-electron chi connectivity index (χ3n) is 3.59. The Hall–Kier alpha value is -3.32. The molecule has 0 aliphatic carbocycles. The van der Waals surface area contributed by atoms with Crippen molar-refractivity contribution in [3.8, 4) is 16.6 Å². The van der Waals surface area contributed by atoms with Crippen molar-refractivity contribution >= 4 is 33.3 Å². The molecule has 0 bridgehead atoms. The first kappa shape index (κ1) is 16.2. The molecular weight excluding hydrogens is 352 g/mol. The minimum atomic E-state index is -0.457. The molecule has 6 nitrogen and oxygen atoms in total. The number of ether oxygens (including phenoxy) is 2. The molecule has 2 aromatic carbocycles. The van der Waals surface area contributed by atoms with Crippen LogP contribution in [0.5, 0.6) is 16.6 Å². The van der Waals surface area contributed by atoms with Crippen molar-refractivity contribution in [2.45, 2.75) is 0 Å². The molecule has 4 aromatic rings. The average Bonchev–Trinajstić information content (AvgIpc) is 3.08. The third-order valence-corrected chi connectivity index (χ3v) is 4.58. The molecule has 0 amide bonds. The Morgan fingerprint density at radius 3 is 2.50 bits per heavy atom. The predicted octanol–water partition coefficient (Wildman–Crippen LogP) is 4.79. The first-order valence-electron chi connectivity index (χ1n) is 7.80. The number of hydrogen-bond acceptors (Lipinski definition) is 7. The monoisotopic (exact) mass is 366 g/mol. The normalized spacial score (nSPS) is 10.7. The van der Waals surface area contributed by atoms with E-state index in [1.165, 1.54) is 11.3 Å². The molecule has 4 rings (SSSR count). The molecule has 0 atom stereocenters. The topological polar surface area (TPSA) is 73.6 Å². The van der Waals surface area contributed by atoms with Crippen molar-refractivity contribution in [3.63, 3.8) is 0 Å². The van der Waals surface area contributed by atoms with Crippen LogP contribution in [0.4, 0.5) is 11.7 Å². The van der Waals surface area contributed by atoms with E-state index in [4.69, 9.17) is 13.9 Å². The fourth-order valence-corrected chi connectivity index (χ4v) is 3.19. The molecule has 1 N–H and O–H groups in total. The lowest BCUT2D eigenvalue weighted by Gasteiger charge is -2.07. The number of rotatable bonds is 5. The minimum Gasteiger partial charge on any atom is -0.487 e. The van der Waals surface area contributed by atoms with Crippen LogP contribution in [0.2, 0.25) is 0 Å². The maximum Gasteiger partial charge on any atom is 0.349 e. The van der Waals surface area contributed by atoms with E-state index in [1.807, 2.05) is 54.6 Å². The van der Waals surface area contributed by atoms with E-state index in [0.717, 1.165) is 11.4 Å². The summed E-state index contributed by atoms with van der Waals surface area (Å²) in [6, 6.07) is 18.6. The zero-order chi connectivity index (χ0) is 17.9. The zero-order valence-electron chi connectivity index (χ0n) is 13.8. The van der Waals surface area contributed by atoms with Crippen LogP contribution in [0.25, 0.3) is 10.2 Å². The van der Waals surface area contributed by atoms with Gasteiger partial charge in [-0.25, -0.2) is 4.79 Å². The van der Waals surface area contributed by atoms with Gasteiger partial charge < -0.3 is 19.2 Å². The summed E-state index contributed by atoms with van der Waals surface area (Å²) < 4.78 is 16.1. The van der Waals surface area contributed by atoms with Crippen molar-refractivity contribution < 1.29 is 13.9 Å². The molecule has 0 saturated carbocycles. The summed E-state index contributed by atoms with van der Waals surface area (Å²) in [5, 5.41) is 4.00. The molecule has 7 heteroatoms. The fourth-order valence-electron chi connectivity index (χ4n) is 2.35. The van der Waals surface area contributed by atoms with Gasteiger partial charge in [-0.1, -0.05) is 29.5 Å². The van der Waals surface area contributed by atoms with Gasteiger partial charge in [0.25, 0.3) is 0 Å². The Labute approximate surface area is 152 Å². The molecule has 2 heterocycles. The highest BCUT2D eigenvalue weighted by molar-refractivity contribution is 7.20. The molecule has 26 heavy (non-hydrogen) atoms. The lowest BCUT2D eigenvalue weighted by atomic mass is 10.3. The van der Waals surface area contributed by atoms with Crippen LogP contribution >= 0.6 is 11.3 Å². The molecule has 0 aliphatic rings. The van der Waals surface area contributed by atoms with Gasteiger partial charge in [-0.2, -0.15) is 4.98 Å². The third kappa shape index (κ3) is 3.38. The highest BCUT2D eigenvalue weighted by atomic mass is 32.1. The summed E-state index contributed by atoms with van der Waals surface area (Å²) in [6.07, 6.45) is 0. The number of methoxy groups -OCH3 is 1. The molecular formula is C19H14N2O4S. The van der Waals surface area contributed by atoms with Gasteiger partial charge in [-0.3, -0.25) is 0 Å². The van der Waals surface area contributed by atoms with Gasteiger partial charge in [0.15, 0.2) is 5.06 Å². The van der Waals surface area contributed by atoms with Gasteiger partial charge >= 0.3 is 11.6 Å². The lowest BCUT2D eigenvalue weighted by Crippen LogP contribution is -2.03. The number of aromatic nitrogens is 1. The van der Waals surface area contributed by atoms with Crippen LogP contribution in [0, 0.1) is 0 Å². The maximum atomic E-state index is 12.1. The van der Waals surface area contributed by atoms with Gasteiger partial charge in [0, 0.05) is 11.8 Å². The van der Waals surface area contributed by atoms with E-state index in [9.17, 15) is 4.79 Å². The summed E-state index contributed by atoms with van der Waals surface area (Å²) in [6.45, 7) is 0. The molecule has 0 fully saturated rings. The number of thiophene rings is 1. The molecule has 0 unspecified atom stereocenters. The first-order valence-corrected chi connectivity index (χ1v) is 8.61. The number of fused-ring (bicyclic) bond motifs is 1. The van der Waals surface area contributed by atoms with Crippen molar-refractivity contribution in [3.05, 3.63) is 71.1 Å². The number of benzene rings is 2. The summed E-state index contributed by atoms with van der Waals surface area (Å²) in [4.78, 5) is 16.9. The van der Waals surface area contributed by atoms with Crippen LogP contribution in [-0.4, -0.2) is 12.1 Å². The second-order valence-corrected chi connectivity index (χ2v) is 6.35. The first-order chi connectivity index (χ1) is 12.7. The predicted molar refractivity (Wildman–Crippen MR) is 101 cm³/mol. The van der Waals surface area contributed by atoms with Gasteiger partial charge in [-0.15, -0.1) is 0 Å². The summed E-state index contributed by atoms with van der Waals surface area (Å²) in [7, 11) is 1.55. The summed E-state index contributed by atoms with van der Waals surface area (Å²) in [5.41, 5.74) is 0.269. The van der Waals surface area contributed by atoms with E-state index in [-0.39, 0.29) is 6.01 Å². The number of anilines is 2. The molecule has 0 saturated heterocycles. The van der Waals surface area contributed by atoms with E-state index in [0.29, 0.717) is 21.0 Å². The van der Waals surface area contributed by atoms with Gasteiger partial charge in [0.05, 0.1) is 7.11 Å². The lowest BCUT2D eigenvalue weighted by molar-refractivity contribution is 0.427. The van der Waals surface area contributed by atoms with Crippen LogP contribution < -0.4 is 20.4 Å². The number of nitrogens with one attached hydrogen (secondary N) is 1. The standard InChI is InChI=1S/C19H14N2O4S/c1-23-16-11-15-17(26-16)21-19(25-18(15)22)20-12-7-9-14(10-8-12)24-13-5-3-2-4-6-13/h2-11H,1H3,(H,20,21). The van der Waals surface area contributed by atoms with E-state index in [1.54, 1.807) is 13.2 Å². The molecule has 2 aromatic heterocycles. The Balaban J connectivity index is 1.53. The van der Waals surface area contributed by atoms with Crippen molar-refractivity contribution in [1.29, 1.82) is 0 Å². The average molecular weight is 366 g/mol. The van der Waals surface area contributed by atoms with Crippen molar-refractivity contribution in [1.82, 2.24) is 4.98 Å². The van der Waals surface area contributed by atoms with Gasteiger partial charge in [0.2, 0.25) is 0 Å². The zero-order valence-corrected chi connectivity index (χ0v) is 14.6. The van der Waals surface area contributed by atoms with Crippen LogP contribution in [0.15, 0.2) is 69.9 Å². The Bertz CT molecular complexity index is 1090. The minimum absolute atomic E-state index is 0.128. The number of para-hydroxylation sites is 1. The number of hydrogen-bond donors (Lipinski definition) is 1. The van der Waals surface area contributed by atoms with Crippen LogP contribution in [0.1, 0.15) is 0 Å². The largest absolute Gasteiger partial charge is 0.487 e. The summed E-state index contributed by atoms with van der Waals surface area (Å²) >= 11 is 1.29. The fraction of sp³-hybridized carbons (Fsp3) is 0.0526. The van der Waals surface area contributed by atoms with Crippen molar-refractivity contribution in [2.24, 2.45) is 0 Å². The second kappa shape index (κ2) is 6.89. The maximum absolute atomic E-state index is 12.1. The Morgan fingerprint density at radius 1 is 1.04 bits per heavy atom. The highest BCUT2D eigenvalue weighted by Crippen LogP contribution is 2.29. The van der Waals surface area contributed by atoms with E-state index in [2.05, 4.69) is 10.3 Å². The number of nitrogens with zero attached hydrogens (tertiary/aromatic N) is 1. The molecule has 0 aliphatic heterocycles. The van der Waals surface area contributed by atoms with Gasteiger partial charge in [-0.05, 0) is 36.4 Å². The van der Waals surface area contributed by atoms with E-state index >= 15 is 0 Å². The Morgan fingerprint density at radius 2 is 1.77 bits per heavy atom. The Kier molecular flexibility index (Phi) is 4.28. The molecule has 0 spiro atoms. The highest BCUT2D eigenvalue weighted by Gasteiger charge is 2.11. The SMILES string of the molecule is COc1cc2c(=O)oc(Nc3ccc(Oc4ccccc4)cc3)nc2s1. The van der Waals surface area contributed by atoms with Crippen LogP contribution in [-0.2, 0) is 0 Å². The second-order valence-electron chi connectivity index (χ2n) is 5.36. The van der Waals surface area contributed by atoms with Crippen molar-refractivity contribution in [2.75, 3.05) is 12.4 Å². The molecule has 130 valence electrons. The molecule has 0 radical (unpaired) electrons. The quantitative estimate of drug-likeness (QED) is 0.547. The summed E-state index contributed by atoms with van der Waals surface area (Å²) in [5.74, 6) is 1.47. The smallest absolute Gasteiger partial charge is 0.349 e. The van der Waals surface area contributed by atoms with E-state index < -0.39 is 5.63 Å². The van der Waals surface area contributed by atoms with Gasteiger partial charge in [0.1, 0.15) is 21.7 Å². The van der Waals surface area contributed by atoms with Crippen LogP contribution in [0.3, 0.4) is 0 Å².